The topological polar surface area (TPSA) is 0 Å². The summed E-state index contributed by atoms with van der Waals surface area (Å²) in [5.74, 6) is 1.42. The Bertz CT molecular complexity index is 876. The first-order chi connectivity index (χ1) is 14.6. The van der Waals surface area contributed by atoms with Gasteiger partial charge in [-0.3, -0.25) is 0 Å². The molecule has 2 atom stereocenters. The summed E-state index contributed by atoms with van der Waals surface area (Å²) in [6.07, 6.45) is 13.1. The molecule has 0 amide bonds. The summed E-state index contributed by atoms with van der Waals surface area (Å²) >= 11 is -2.48. The van der Waals surface area contributed by atoms with Crippen LogP contribution in [0.25, 0.3) is 17.2 Å². The van der Waals surface area contributed by atoms with Crippen LogP contribution in [0.3, 0.4) is 0 Å². The van der Waals surface area contributed by atoms with Gasteiger partial charge in [0.05, 0.1) is 0 Å². The molecule has 0 spiro atoms. The van der Waals surface area contributed by atoms with Gasteiger partial charge in [0.15, 0.2) is 0 Å². The Morgan fingerprint density at radius 2 is 1.67 bits per heavy atom. The van der Waals surface area contributed by atoms with Gasteiger partial charge < -0.3 is 0 Å². The first-order valence-electron chi connectivity index (χ1n) is 11.7. The number of allylic oxidation sites excluding steroid dienone is 1. The van der Waals surface area contributed by atoms with E-state index in [-0.39, 0.29) is 0 Å². The molecular weight excluding hydrogens is 486 g/mol. The van der Waals surface area contributed by atoms with E-state index in [1.54, 1.807) is 0 Å². The molecule has 3 heteroatoms. The van der Waals surface area contributed by atoms with E-state index in [2.05, 4.69) is 62.4 Å². The van der Waals surface area contributed by atoms with Gasteiger partial charge in [-0.15, -0.1) is 0 Å². The predicted molar refractivity (Wildman–Crippen MR) is 129 cm³/mol. The van der Waals surface area contributed by atoms with E-state index in [4.69, 9.17) is 17.0 Å². The number of hydrogen-bond acceptors (Lipinski definition) is 0. The van der Waals surface area contributed by atoms with E-state index in [1.165, 1.54) is 84.8 Å². The third-order valence-corrected chi connectivity index (χ3v) is 12.6. The summed E-state index contributed by atoms with van der Waals surface area (Å²) in [6, 6.07) is 15.9. The van der Waals surface area contributed by atoms with Gasteiger partial charge in [0.1, 0.15) is 0 Å². The molecule has 159 valence electrons. The van der Waals surface area contributed by atoms with E-state index in [0.29, 0.717) is 9.54 Å². The van der Waals surface area contributed by atoms with E-state index >= 15 is 0 Å². The van der Waals surface area contributed by atoms with Crippen molar-refractivity contribution in [1.29, 1.82) is 0 Å². The van der Waals surface area contributed by atoms with Crippen molar-refractivity contribution in [2.75, 3.05) is 0 Å². The summed E-state index contributed by atoms with van der Waals surface area (Å²) in [5, 5.41) is 0. The van der Waals surface area contributed by atoms with Gasteiger partial charge in [0.25, 0.3) is 0 Å². The van der Waals surface area contributed by atoms with Crippen LogP contribution >= 0.6 is 17.0 Å². The van der Waals surface area contributed by atoms with Crippen LogP contribution in [-0.4, -0.2) is 0 Å². The molecule has 0 aromatic heterocycles. The summed E-state index contributed by atoms with van der Waals surface area (Å²) in [4.78, 5) is 0. The van der Waals surface area contributed by atoms with Crippen LogP contribution in [-0.2, 0) is 19.4 Å². The second-order valence-corrected chi connectivity index (χ2v) is 18.0. The van der Waals surface area contributed by atoms with Crippen molar-refractivity contribution in [3.63, 3.8) is 0 Å². The summed E-state index contributed by atoms with van der Waals surface area (Å²) in [6.45, 7) is 4.56. The first kappa shape index (κ1) is 22.8. The standard InChI is InChI=1S/C27H33.2ClH.Zr/c1-3-20(2)23-13-15-24(16-14-23)26-12-8-11-25-18-22(19-27(25)26)17-21-9-6-4-5-7-10-21;;;/h8,11-16,18-21H,3-7,9-10,17H2,1-2H3;2*1H;/q;;;+2/p-2. The molecule has 2 unspecified atom stereocenters. The maximum absolute atomic E-state index is 6.75. The van der Waals surface area contributed by atoms with Crippen LogP contribution < -0.4 is 0 Å². The zero-order chi connectivity index (χ0) is 21.1. The van der Waals surface area contributed by atoms with E-state index in [9.17, 15) is 0 Å². The van der Waals surface area contributed by atoms with Gasteiger partial charge in [0.2, 0.25) is 0 Å². The number of hydrogen-bond donors (Lipinski definition) is 0. The van der Waals surface area contributed by atoms with Crippen LogP contribution in [0, 0.1) is 5.92 Å². The van der Waals surface area contributed by atoms with E-state index in [0.717, 1.165) is 5.92 Å². The summed E-state index contributed by atoms with van der Waals surface area (Å²) in [5.41, 5.74) is 8.36. The number of halogens is 2. The number of benzene rings is 2. The van der Waals surface area contributed by atoms with Crippen molar-refractivity contribution in [2.45, 2.75) is 74.8 Å². The monoisotopic (exact) mass is 517 g/mol. The van der Waals surface area contributed by atoms with Crippen molar-refractivity contribution in [3.8, 4) is 11.1 Å². The maximum atomic E-state index is 6.75. The molecule has 2 aromatic carbocycles. The SMILES string of the molecule is CCC(C)c1ccc(-c2cccc3c2C=C(CC2CCCCCC2)[CH]3[Zr]([Cl])[Cl])cc1. The molecule has 0 radical (unpaired) electrons. The van der Waals surface area contributed by atoms with Crippen LogP contribution in [0.15, 0.2) is 48.0 Å². The Balaban J connectivity index is 1.66. The molecule has 0 saturated heterocycles. The zero-order valence-corrected chi connectivity index (χ0v) is 22.2. The molecule has 2 aliphatic rings. The zero-order valence-electron chi connectivity index (χ0n) is 18.3. The minimum absolute atomic E-state index is 0.327. The average molecular weight is 520 g/mol. The molecular formula is C27H33Cl2Zr. The molecule has 0 N–H and O–H groups in total. The Morgan fingerprint density at radius 1 is 0.967 bits per heavy atom. The van der Waals surface area contributed by atoms with Crippen LogP contribution in [0.1, 0.15) is 91.4 Å². The molecule has 1 saturated carbocycles. The summed E-state index contributed by atoms with van der Waals surface area (Å²) < 4.78 is 0.327. The van der Waals surface area contributed by atoms with Crippen LogP contribution in [0.5, 0.6) is 0 Å². The van der Waals surface area contributed by atoms with Crippen molar-refractivity contribution in [2.24, 2.45) is 5.92 Å². The van der Waals surface area contributed by atoms with Gasteiger partial charge in [-0.05, 0) is 0 Å². The molecule has 0 aliphatic heterocycles. The van der Waals surface area contributed by atoms with E-state index in [1.807, 2.05) is 0 Å². The Kier molecular flexibility index (Phi) is 7.99. The predicted octanol–water partition coefficient (Wildman–Crippen LogP) is 9.59. The van der Waals surface area contributed by atoms with E-state index < -0.39 is 19.4 Å². The Labute approximate surface area is 197 Å². The van der Waals surface area contributed by atoms with Gasteiger partial charge in [-0.1, -0.05) is 0 Å². The second-order valence-electron chi connectivity index (χ2n) is 9.24. The molecule has 4 rings (SSSR count). The summed E-state index contributed by atoms with van der Waals surface area (Å²) in [7, 11) is 13.5. The molecule has 30 heavy (non-hydrogen) atoms. The van der Waals surface area contributed by atoms with Crippen molar-refractivity contribution in [3.05, 3.63) is 64.7 Å². The average Bonchev–Trinajstić information content (AvgIpc) is 2.93. The molecule has 0 heterocycles. The normalized spacial score (nSPS) is 20.4. The minimum atomic E-state index is -2.48. The fourth-order valence-corrected chi connectivity index (χ4v) is 10.7. The fraction of sp³-hybridized carbons (Fsp3) is 0.481. The third-order valence-electron chi connectivity index (χ3n) is 7.27. The number of fused-ring (bicyclic) bond motifs is 1. The third kappa shape index (κ3) is 5.00. The molecule has 0 nitrogen and oxygen atoms in total. The van der Waals surface area contributed by atoms with Crippen molar-refractivity contribution < 1.29 is 19.4 Å². The van der Waals surface area contributed by atoms with Gasteiger partial charge >= 0.3 is 199 Å². The van der Waals surface area contributed by atoms with Crippen LogP contribution in [0.2, 0.25) is 0 Å². The number of rotatable bonds is 6. The molecule has 0 bridgehead atoms. The first-order valence-corrected chi connectivity index (χ1v) is 19.4. The van der Waals surface area contributed by atoms with Gasteiger partial charge in [-0.25, -0.2) is 0 Å². The molecule has 1 fully saturated rings. The Hall–Kier alpha value is -0.357. The van der Waals surface area contributed by atoms with Crippen molar-refractivity contribution >= 4 is 23.1 Å². The molecule has 2 aromatic rings. The quantitative estimate of drug-likeness (QED) is 0.333. The molecule has 2 aliphatic carbocycles. The van der Waals surface area contributed by atoms with Gasteiger partial charge in [-0.2, -0.15) is 0 Å². The second kappa shape index (κ2) is 10.5. The fourth-order valence-electron chi connectivity index (χ4n) is 5.28. The van der Waals surface area contributed by atoms with Gasteiger partial charge in [0, 0.05) is 0 Å². The van der Waals surface area contributed by atoms with Crippen molar-refractivity contribution in [1.82, 2.24) is 0 Å². The Morgan fingerprint density at radius 3 is 2.30 bits per heavy atom. The van der Waals surface area contributed by atoms with Crippen LogP contribution in [0.4, 0.5) is 0 Å².